The van der Waals surface area contributed by atoms with E-state index >= 15 is 0 Å². The van der Waals surface area contributed by atoms with Gasteiger partial charge in [0.05, 0.1) is 34.2 Å². The number of nitrogens with one attached hydrogen (secondary N) is 1. The summed E-state index contributed by atoms with van der Waals surface area (Å²) in [6.07, 6.45) is 7.95. The molecule has 32 heavy (non-hydrogen) atoms. The number of hydrogen-bond acceptors (Lipinski definition) is 5. The van der Waals surface area contributed by atoms with Gasteiger partial charge in [-0.15, -0.1) is 0 Å². The molecule has 0 spiro atoms. The molecule has 7 nitrogen and oxygen atoms in total. The number of amides is 1. The number of aromatic nitrogens is 3. The lowest BCUT2D eigenvalue weighted by molar-refractivity contribution is 0.0916. The lowest BCUT2D eigenvalue weighted by Crippen LogP contribution is -2.40. The van der Waals surface area contributed by atoms with Gasteiger partial charge in [0.25, 0.3) is 5.91 Å². The van der Waals surface area contributed by atoms with Crippen molar-refractivity contribution in [1.29, 1.82) is 0 Å². The summed E-state index contributed by atoms with van der Waals surface area (Å²) in [5, 5.41) is 8.79. The lowest BCUT2D eigenvalue weighted by Gasteiger charge is -2.28. The zero-order chi connectivity index (χ0) is 22.2. The van der Waals surface area contributed by atoms with Crippen LogP contribution in [0.3, 0.4) is 0 Å². The summed E-state index contributed by atoms with van der Waals surface area (Å²) in [7, 11) is -3.04. The van der Waals surface area contributed by atoms with Crippen LogP contribution in [0.15, 0.2) is 6.07 Å². The fourth-order valence-corrected chi connectivity index (χ4v) is 8.31. The number of carbonyl (C=O) groups is 1. The maximum Gasteiger partial charge on any atom is 0.252 e. The fourth-order valence-electron chi connectivity index (χ4n) is 6.62. The Hall–Kier alpha value is -1.96. The number of nitrogens with zero attached hydrogens (tertiary/aromatic N) is 3. The number of fused-ring (bicyclic) bond motifs is 3. The number of sulfone groups is 1. The fraction of sp³-hybridized carbons (Fsp3) is 0.708. The van der Waals surface area contributed by atoms with Crippen molar-refractivity contribution in [3.05, 3.63) is 23.0 Å². The molecule has 8 heteroatoms. The molecular formula is C24H32N4O3S. The predicted octanol–water partition coefficient (Wildman–Crippen LogP) is 3.53. The second-order valence-electron chi connectivity index (χ2n) is 10.8. The molecular weight excluding hydrogens is 424 g/mol. The van der Waals surface area contributed by atoms with Crippen molar-refractivity contribution in [3.63, 3.8) is 0 Å². The standard InChI is InChI=1S/C24H32N4O3S/c1-13(19-10-15-3-4-17(19)9-15)25-24(29)20-11-21(16-5-6-16)26-23-22(20)14(2)27-28(23)18-7-8-32(30,31)12-18/h11,13,15-19H,3-10,12H2,1-2H3,(H,25,29). The SMILES string of the molecule is Cc1nn(C2CCS(=O)(=O)C2)c2nc(C3CC3)cc(C(=O)NC(C)C3CC4CCC3C4)c12. The highest BCUT2D eigenvalue weighted by Crippen LogP contribution is 2.49. The summed E-state index contributed by atoms with van der Waals surface area (Å²) in [6, 6.07) is 1.91. The number of pyridine rings is 1. The number of aryl methyl sites for hydroxylation is 1. The Morgan fingerprint density at radius 3 is 2.62 bits per heavy atom. The molecule has 4 fully saturated rings. The molecule has 3 saturated carbocycles. The molecule has 1 saturated heterocycles. The zero-order valence-electron chi connectivity index (χ0n) is 18.9. The molecule has 5 unspecified atom stereocenters. The van der Waals surface area contributed by atoms with Crippen LogP contribution in [0.2, 0.25) is 0 Å². The molecule has 1 N–H and O–H groups in total. The Morgan fingerprint density at radius 1 is 1.19 bits per heavy atom. The van der Waals surface area contributed by atoms with Crippen LogP contribution in [0.1, 0.15) is 85.6 Å². The van der Waals surface area contributed by atoms with Crippen molar-refractivity contribution in [1.82, 2.24) is 20.1 Å². The van der Waals surface area contributed by atoms with E-state index in [1.165, 1.54) is 25.7 Å². The van der Waals surface area contributed by atoms with E-state index in [0.717, 1.165) is 41.5 Å². The predicted molar refractivity (Wildman–Crippen MR) is 122 cm³/mol. The summed E-state index contributed by atoms with van der Waals surface area (Å²) in [5.74, 6) is 2.81. The van der Waals surface area contributed by atoms with Gasteiger partial charge in [0, 0.05) is 17.7 Å². The third-order valence-electron chi connectivity index (χ3n) is 8.45. The first-order valence-electron chi connectivity index (χ1n) is 12.2. The molecule has 172 valence electrons. The summed E-state index contributed by atoms with van der Waals surface area (Å²) in [5.41, 5.74) is 3.01. The quantitative estimate of drug-likeness (QED) is 0.743. The normalized spacial score (nSPS) is 31.9. The first kappa shape index (κ1) is 20.6. The van der Waals surface area contributed by atoms with Crippen LogP contribution in [0.25, 0.3) is 11.0 Å². The molecule has 0 aromatic carbocycles. The summed E-state index contributed by atoms with van der Waals surface area (Å²) in [6.45, 7) is 4.06. The maximum absolute atomic E-state index is 13.5. The molecule has 5 atom stereocenters. The lowest BCUT2D eigenvalue weighted by atomic mass is 9.84. The van der Waals surface area contributed by atoms with E-state index in [1.54, 1.807) is 4.68 Å². The molecule has 4 aliphatic rings. The van der Waals surface area contributed by atoms with E-state index in [4.69, 9.17) is 10.1 Å². The number of carbonyl (C=O) groups excluding carboxylic acids is 1. The first-order chi connectivity index (χ1) is 15.3. The molecule has 2 aromatic rings. The van der Waals surface area contributed by atoms with E-state index in [1.807, 2.05) is 13.0 Å². The van der Waals surface area contributed by atoms with E-state index in [2.05, 4.69) is 12.2 Å². The average molecular weight is 457 g/mol. The van der Waals surface area contributed by atoms with Gasteiger partial charge in [-0.25, -0.2) is 18.1 Å². The highest BCUT2D eigenvalue weighted by molar-refractivity contribution is 7.91. The van der Waals surface area contributed by atoms with Crippen LogP contribution >= 0.6 is 0 Å². The van der Waals surface area contributed by atoms with Crippen molar-refractivity contribution < 1.29 is 13.2 Å². The van der Waals surface area contributed by atoms with Gasteiger partial charge >= 0.3 is 0 Å². The summed E-state index contributed by atoms with van der Waals surface area (Å²) < 4.78 is 26.0. The molecule has 3 heterocycles. The highest BCUT2D eigenvalue weighted by Gasteiger charge is 2.42. The molecule has 1 aliphatic heterocycles. The molecule has 6 rings (SSSR count). The van der Waals surface area contributed by atoms with Crippen LogP contribution in [-0.2, 0) is 9.84 Å². The smallest absolute Gasteiger partial charge is 0.252 e. The first-order valence-corrected chi connectivity index (χ1v) is 14.0. The van der Waals surface area contributed by atoms with Gasteiger partial charge in [0.1, 0.15) is 0 Å². The monoisotopic (exact) mass is 456 g/mol. The minimum Gasteiger partial charge on any atom is -0.349 e. The van der Waals surface area contributed by atoms with Crippen LogP contribution in [0, 0.1) is 24.7 Å². The maximum atomic E-state index is 13.5. The van der Waals surface area contributed by atoms with Crippen molar-refractivity contribution in [2.24, 2.45) is 17.8 Å². The minimum atomic E-state index is -3.04. The van der Waals surface area contributed by atoms with Gasteiger partial charge < -0.3 is 5.32 Å². The van der Waals surface area contributed by atoms with Crippen LogP contribution in [0.4, 0.5) is 0 Å². The second kappa shape index (κ2) is 7.27. The van der Waals surface area contributed by atoms with E-state index in [9.17, 15) is 13.2 Å². The largest absolute Gasteiger partial charge is 0.349 e. The van der Waals surface area contributed by atoms with Gasteiger partial charge in [0.15, 0.2) is 15.5 Å². The number of hydrogen-bond donors (Lipinski definition) is 1. The van der Waals surface area contributed by atoms with Gasteiger partial charge in [-0.05, 0) is 76.2 Å². The Balaban J connectivity index is 1.36. The topological polar surface area (TPSA) is 93.9 Å². The minimum absolute atomic E-state index is 0.0451. The molecule has 2 bridgehead atoms. The van der Waals surface area contributed by atoms with Crippen LogP contribution in [-0.4, -0.2) is 46.6 Å². The Bertz CT molecular complexity index is 1200. The average Bonchev–Trinajstić information content (AvgIpc) is 3.06. The molecule has 3 aliphatic carbocycles. The Labute approximate surface area is 189 Å². The van der Waals surface area contributed by atoms with Crippen molar-refractivity contribution in [2.75, 3.05) is 11.5 Å². The van der Waals surface area contributed by atoms with Gasteiger partial charge in [-0.3, -0.25) is 4.79 Å². The highest BCUT2D eigenvalue weighted by atomic mass is 32.2. The van der Waals surface area contributed by atoms with E-state index in [-0.39, 0.29) is 29.5 Å². The van der Waals surface area contributed by atoms with Crippen LogP contribution < -0.4 is 5.32 Å². The van der Waals surface area contributed by atoms with Gasteiger partial charge in [0.2, 0.25) is 0 Å². The van der Waals surface area contributed by atoms with Crippen molar-refractivity contribution in [2.45, 2.75) is 76.8 Å². The third-order valence-corrected chi connectivity index (χ3v) is 10.2. The molecule has 1 amide bonds. The van der Waals surface area contributed by atoms with E-state index in [0.29, 0.717) is 29.5 Å². The Kier molecular flexibility index (Phi) is 4.69. The Morgan fingerprint density at radius 2 is 2.00 bits per heavy atom. The van der Waals surface area contributed by atoms with E-state index < -0.39 is 9.84 Å². The third kappa shape index (κ3) is 3.45. The van der Waals surface area contributed by atoms with Crippen molar-refractivity contribution in [3.8, 4) is 0 Å². The van der Waals surface area contributed by atoms with Gasteiger partial charge in [-0.2, -0.15) is 5.10 Å². The molecule has 2 aromatic heterocycles. The zero-order valence-corrected chi connectivity index (χ0v) is 19.7. The molecule has 0 radical (unpaired) electrons. The summed E-state index contributed by atoms with van der Waals surface area (Å²) >= 11 is 0. The van der Waals surface area contributed by atoms with Crippen LogP contribution in [0.5, 0.6) is 0 Å². The second-order valence-corrected chi connectivity index (χ2v) is 13.0. The number of rotatable bonds is 5. The van der Waals surface area contributed by atoms with Crippen molar-refractivity contribution >= 4 is 26.8 Å². The summed E-state index contributed by atoms with van der Waals surface area (Å²) in [4.78, 5) is 18.4. The van der Waals surface area contributed by atoms with Gasteiger partial charge in [-0.1, -0.05) is 6.42 Å².